The van der Waals surface area contributed by atoms with Crippen molar-refractivity contribution in [3.63, 3.8) is 0 Å². The minimum Gasteiger partial charge on any atom is -0.325 e. The molecular formula is C19H23N5. The molecule has 0 radical (unpaired) electrons. The van der Waals surface area contributed by atoms with E-state index in [4.69, 9.17) is 5.10 Å². The summed E-state index contributed by atoms with van der Waals surface area (Å²) in [5, 5.41) is 8.23. The maximum atomic E-state index is 4.79. The first-order valence-corrected chi connectivity index (χ1v) is 8.56. The number of aromatic nitrogens is 4. The Kier molecular flexibility index (Phi) is 3.94. The smallest absolute Gasteiger partial charge is 0.160 e. The van der Waals surface area contributed by atoms with Crippen LogP contribution in [0.3, 0.4) is 0 Å². The molecule has 0 saturated heterocycles. The Labute approximate surface area is 142 Å². The molecule has 5 nitrogen and oxygen atoms in total. The van der Waals surface area contributed by atoms with Gasteiger partial charge in [-0.3, -0.25) is 4.68 Å². The third-order valence-corrected chi connectivity index (χ3v) is 4.68. The molecule has 3 aromatic rings. The quantitative estimate of drug-likeness (QED) is 0.807. The Morgan fingerprint density at radius 1 is 1.21 bits per heavy atom. The first-order chi connectivity index (χ1) is 11.7. The number of benzene rings is 1. The second kappa shape index (κ2) is 6.24. The number of imidazole rings is 1. The molecule has 0 bridgehead atoms. The number of hydrogen-bond acceptors (Lipinski definition) is 3. The minimum atomic E-state index is 0.823. The first-order valence-electron chi connectivity index (χ1n) is 8.56. The summed E-state index contributed by atoms with van der Waals surface area (Å²) in [5.41, 5.74) is 6.13. The van der Waals surface area contributed by atoms with E-state index < -0.39 is 0 Å². The lowest BCUT2D eigenvalue weighted by atomic mass is 10.1. The molecular weight excluding hydrogens is 298 g/mol. The molecule has 1 aromatic carbocycles. The minimum absolute atomic E-state index is 0.823. The van der Waals surface area contributed by atoms with Crippen LogP contribution in [0.1, 0.15) is 28.8 Å². The van der Waals surface area contributed by atoms with Crippen LogP contribution in [-0.2, 0) is 19.6 Å². The maximum absolute atomic E-state index is 4.79. The van der Waals surface area contributed by atoms with Crippen molar-refractivity contribution in [2.75, 3.05) is 6.54 Å². The molecule has 0 saturated carbocycles. The molecule has 0 aliphatic carbocycles. The highest BCUT2D eigenvalue weighted by Gasteiger charge is 2.15. The van der Waals surface area contributed by atoms with Gasteiger partial charge in [-0.15, -0.1) is 0 Å². The lowest BCUT2D eigenvalue weighted by Gasteiger charge is -2.10. The van der Waals surface area contributed by atoms with Crippen molar-refractivity contribution in [2.24, 2.45) is 0 Å². The van der Waals surface area contributed by atoms with Crippen LogP contribution >= 0.6 is 0 Å². The van der Waals surface area contributed by atoms with Crippen molar-refractivity contribution in [1.82, 2.24) is 24.6 Å². The van der Waals surface area contributed by atoms with Crippen molar-refractivity contribution >= 4 is 0 Å². The molecule has 2 aromatic heterocycles. The van der Waals surface area contributed by atoms with Crippen LogP contribution in [-0.4, -0.2) is 25.9 Å². The van der Waals surface area contributed by atoms with Crippen LogP contribution in [0, 0.1) is 13.8 Å². The van der Waals surface area contributed by atoms with Crippen molar-refractivity contribution in [2.45, 2.75) is 39.9 Å². The average molecular weight is 321 g/mol. The maximum Gasteiger partial charge on any atom is 0.160 e. The lowest BCUT2D eigenvalue weighted by Crippen LogP contribution is -2.11. The summed E-state index contributed by atoms with van der Waals surface area (Å²) in [4.78, 5) is 4.57. The van der Waals surface area contributed by atoms with Gasteiger partial charge in [0.15, 0.2) is 5.82 Å². The molecule has 0 spiro atoms. The summed E-state index contributed by atoms with van der Waals surface area (Å²) in [6.07, 6.45) is 5.02. The predicted molar refractivity (Wildman–Crippen MR) is 94.8 cm³/mol. The second-order valence-corrected chi connectivity index (χ2v) is 6.58. The molecule has 1 aliphatic heterocycles. The number of rotatable bonds is 3. The molecule has 124 valence electrons. The molecule has 5 heteroatoms. The van der Waals surface area contributed by atoms with Gasteiger partial charge in [0.05, 0.1) is 5.69 Å². The fraction of sp³-hybridized carbons (Fsp3) is 0.368. The van der Waals surface area contributed by atoms with Gasteiger partial charge in [-0.05, 0) is 44.0 Å². The van der Waals surface area contributed by atoms with Crippen LogP contribution in [0.5, 0.6) is 0 Å². The summed E-state index contributed by atoms with van der Waals surface area (Å²) < 4.78 is 4.31. The Morgan fingerprint density at radius 3 is 3.04 bits per heavy atom. The monoisotopic (exact) mass is 321 g/mol. The zero-order valence-corrected chi connectivity index (χ0v) is 14.3. The molecule has 3 heterocycles. The Morgan fingerprint density at radius 2 is 2.12 bits per heavy atom. The zero-order valence-electron chi connectivity index (χ0n) is 14.3. The van der Waals surface area contributed by atoms with E-state index in [9.17, 15) is 0 Å². The van der Waals surface area contributed by atoms with Crippen molar-refractivity contribution < 1.29 is 0 Å². The fourth-order valence-corrected chi connectivity index (χ4v) is 3.30. The second-order valence-electron chi connectivity index (χ2n) is 6.58. The predicted octanol–water partition coefficient (Wildman–Crippen LogP) is 2.91. The fourth-order valence-electron chi connectivity index (χ4n) is 3.30. The topological polar surface area (TPSA) is 47.7 Å². The van der Waals surface area contributed by atoms with Gasteiger partial charge >= 0.3 is 0 Å². The summed E-state index contributed by atoms with van der Waals surface area (Å²) in [5.74, 6) is 0.941. The molecule has 24 heavy (non-hydrogen) atoms. The first kappa shape index (κ1) is 15.1. The molecule has 1 N–H and O–H groups in total. The van der Waals surface area contributed by atoms with Gasteiger partial charge < -0.3 is 9.88 Å². The van der Waals surface area contributed by atoms with Gasteiger partial charge in [-0.2, -0.15) is 5.10 Å². The van der Waals surface area contributed by atoms with E-state index in [2.05, 4.69) is 57.7 Å². The van der Waals surface area contributed by atoms with Gasteiger partial charge in [-0.1, -0.05) is 23.8 Å². The largest absolute Gasteiger partial charge is 0.325 e. The Hall–Kier alpha value is -2.40. The molecule has 0 amide bonds. The van der Waals surface area contributed by atoms with Crippen LogP contribution in [0.25, 0.3) is 11.5 Å². The van der Waals surface area contributed by atoms with Gasteiger partial charge in [0.2, 0.25) is 0 Å². The number of nitrogens with one attached hydrogen (secondary N) is 1. The SMILES string of the molecule is Cc1ccc(C)c(Cn2ccnc2-c2cc3n(n2)CCCNC3)c1. The Bertz CT molecular complexity index is 835. The Balaban J connectivity index is 1.66. The average Bonchev–Trinajstić information content (AvgIpc) is 3.12. The molecule has 0 fully saturated rings. The summed E-state index contributed by atoms with van der Waals surface area (Å²) in [7, 11) is 0. The van der Waals surface area contributed by atoms with Crippen LogP contribution in [0.15, 0.2) is 36.7 Å². The number of fused-ring (bicyclic) bond motifs is 1. The van der Waals surface area contributed by atoms with E-state index >= 15 is 0 Å². The van der Waals surface area contributed by atoms with Gasteiger partial charge in [0, 0.05) is 32.0 Å². The van der Waals surface area contributed by atoms with Crippen LogP contribution in [0.2, 0.25) is 0 Å². The summed E-state index contributed by atoms with van der Waals surface area (Å²) in [6, 6.07) is 8.77. The summed E-state index contributed by atoms with van der Waals surface area (Å²) in [6.45, 7) is 8.03. The molecule has 0 atom stereocenters. The normalized spacial score (nSPS) is 14.4. The highest BCUT2D eigenvalue weighted by atomic mass is 15.3. The van der Waals surface area contributed by atoms with E-state index in [-0.39, 0.29) is 0 Å². The molecule has 1 aliphatic rings. The van der Waals surface area contributed by atoms with Crippen LogP contribution in [0.4, 0.5) is 0 Å². The van der Waals surface area contributed by atoms with Gasteiger partial charge in [0.1, 0.15) is 5.69 Å². The third kappa shape index (κ3) is 2.87. The number of hydrogen-bond donors (Lipinski definition) is 1. The van der Waals surface area contributed by atoms with E-state index in [1.165, 1.54) is 22.4 Å². The third-order valence-electron chi connectivity index (χ3n) is 4.68. The van der Waals surface area contributed by atoms with E-state index in [0.717, 1.165) is 44.1 Å². The van der Waals surface area contributed by atoms with E-state index in [0.29, 0.717) is 0 Å². The van der Waals surface area contributed by atoms with Gasteiger partial charge in [0.25, 0.3) is 0 Å². The van der Waals surface area contributed by atoms with Crippen molar-refractivity contribution in [3.8, 4) is 11.5 Å². The summed E-state index contributed by atoms with van der Waals surface area (Å²) >= 11 is 0. The van der Waals surface area contributed by atoms with E-state index in [1.807, 2.05) is 12.4 Å². The van der Waals surface area contributed by atoms with Crippen molar-refractivity contribution in [1.29, 1.82) is 0 Å². The molecule has 0 unspecified atom stereocenters. The highest BCUT2D eigenvalue weighted by molar-refractivity contribution is 5.51. The standard InChI is InChI=1S/C19H23N5/c1-14-4-5-15(2)16(10-14)13-23-9-7-21-19(23)18-11-17-12-20-6-3-8-24(17)22-18/h4-5,7,9-11,20H,3,6,8,12-13H2,1-2H3. The van der Waals surface area contributed by atoms with Crippen LogP contribution < -0.4 is 5.32 Å². The number of aryl methyl sites for hydroxylation is 3. The lowest BCUT2D eigenvalue weighted by molar-refractivity contribution is 0.588. The number of nitrogens with zero attached hydrogens (tertiary/aromatic N) is 4. The zero-order chi connectivity index (χ0) is 16.5. The molecule has 4 rings (SSSR count). The highest BCUT2D eigenvalue weighted by Crippen LogP contribution is 2.21. The van der Waals surface area contributed by atoms with Gasteiger partial charge in [-0.25, -0.2) is 4.98 Å². The van der Waals surface area contributed by atoms with Crippen molar-refractivity contribution in [3.05, 3.63) is 59.0 Å². The van der Waals surface area contributed by atoms with E-state index in [1.54, 1.807) is 0 Å².